The predicted molar refractivity (Wildman–Crippen MR) is 71.8 cm³/mol. The van der Waals surface area contributed by atoms with Crippen LogP contribution in [-0.4, -0.2) is 24.8 Å². The Kier molecular flexibility index (Phi) is 8.04. The van der Waals surface area contributed by atoms with Crippen molar-refractivity contribution in [3.63, 3.8) is 0 Å². The molecule has 2 heteroatoms. The molecule has 1 N–H and O–H groups in total. The lowest BCUT2D eigenvalue weighted by Crippen LogP contribution is -2.38. The second-order valence-electron chi connectivity index (χ2n) is 5.49. The average molecular weight is 229 g/mol. The molecular formula is C14H31NO. The van der Waals surface area contributed by atoms with Gasteiger partial charge in [0.25, 0.3) is 0 Å². The number of hydrogen-bond donors (Lipinski definition) is 1. The molecule has 0 aromatic rings. The minimum Gasteiger partial charge on any atom is -0.376 e. The molecule has 2 nitrogen and oxygen atoms in total. The molecular weight excluding hydrogens is 198 g/mol. The predicted octanol–water partition coefficient (Wildman–Crippen LogP) is 3.46. The summed E-state index contributed by atoms with van der Waals surface area (Å²) in [6, 6.07) is 0.572. The summed E-state index contributed by atoms with van der Waals surface area (Å²) in [5.74, 6) is 1.39. The van der Waals surface area contributed by atoms with Crippen LogP contribution in [0.4, 0.5) is 0 Å². The largest absolute Gasteiger partial charge is 0.376 e. The topological polar surface area (TPSA) is 21.3 Å². The maximum absolute atomic E-state index is 5.83. The molecule has 0 aromatic carbocycles. The fraction of sp³-hybridized carbons (Fsp3) is 1.00. The van der Waals surface area contributed by atoms with E-state index in [1.807, 2.05) is 0 Å². The SMILES string of the molecule is CCNC(C)C(CC(C)OC(C)C)C(C)C. The van der Waals surface area contributed by atoms with Crippen molar-refractivity contribution in [2.75, 3.05) is 6.54 Å². The second-order valence-corrected chi connectivity index (χ2v) is 5.49. The number of nitrogens with one attached hydrogen (secondary N) is 1. The van der Waals surface area contributed by atoms with Crippen LogP contribution in [0.25, 0.3) is 0 Å². The molecule has 0 radical (unpaired) electrons. The Balaban J connectivity index is 4.21. The normalized spacial score (nSPS) is 17.8. The summed E-state index contributed by atoms with van der Waals surface area (Å²) in [7, 11) is 0. The summed E-state index contributed by atoms with van der Waals surface area (Å²) in [5, 5.41) is 3.53. The highest BCUT2D eigenvalue weighted by atomic mass is 16.5. The van der Waals surface area contributed by atoms with Crippen LogP contribution in [0.5, 0.6) is 0 Å². The van der Waals surface area contributed by atoms with Gasteiger partial charge in [0.1, 0.15) is 0 Å². The van der Waals surface area contributed by atoms with E-state index in [1.165, 1.54) is 0 Å². The Hall–Kier alpha value is -0.0800. The van der Waals surface area contributed by atoms with E-state index in [4.69, 9.17) is 4.74 Å². The number of hydrogen-bond acceptors (Lipinski definition) is 2. The van der Waals surface area contributed by atoms with Crippen LogP contribution in [-0.2, 0) is 4.74 Å². The summed E-state index contributed by atoms with van der Waals surface area (Å²) in [4.78, 5) is 0. The highest BCUT2D eigenvalue weighted by Crippen LogP contribution is 2.22. The molecule has 0 amide bonds. The van der Waals surface area contributed by atoms with Crippen LogP contribution >= 0.6 is 0 Å². The molecule has 0 rings (SSSR count). The van der Waals surface area contributed by atoms with Crippen molar-refractivity contribution < 1.29 is 4.74 Å². The first-order valence-electron chi connectivity index (χ1n) is 6.77. The van der Waals surface area contributed by atoms with Gasteiger partial charge in [-0.2, -0.15) is 0 Å². The Labute approximate surface area is 102 Å². The van der Waals surface area contributed by atoms with Gasteiger partial charge < -0.3 is 10.1 Å². The van der Waals surface area contributed by atoms with Crippen molar-refractivity contribution in [3.8, 4) is 0 Å². The third-order valence-electron chi connectivity index (χ3n) is 3.13. The molecule has 0 bridgehead atoms. The minimum absolute atomic E-state index is 0.331. The van der Waals surface area contributed by atoms with Crippen LogP contribution in [0.15, 0.2) is 0 Å². The molecule has 0 aromatic heterocycles. The molecule has 3 atom stereocenters. The van der Waals surface area contributed by atoms with Gasteiger partial charge in [-0.1, -0.05) is 20.8 Å². The van der Waals surface area contributed by atoms with E-state index in [0.717, 1.165) is 13.0 Å². The maximum atomic E-state index is 5.83. The van der Waals surface area contributed by atoms with Crippen molar-refractivity contribution in [1.82, 2.24) is 5.32 Å². The van der Waals surface area contributed by atoms with Crippen LogP contribution in [0, 0.1) is 11.8 Å². The minimum atomic E-state index is 0.331. The molecule has 0 aliphatic carbocycles. The van der Waals surface area contributed by atoms with E-state index in [9.17, 15) is 0 Å². The molecule has 0 aliphatic heterocycles. The second kappa shape index (κ2) is 8.08. The molecule has 0 heterocycles. The van der Waals surface area contributed by atoms with Gasteiger partial charge in [0.15, 0.2) is 0 Å². The molecule has 0 saturated heterocycles. The van der Waals surface area contributed by atoms with Gasteiger partial charge in [0, 0.05) is 6.04 Å². The molecule has 16 heavy (non-hydrogen) atoms. The highest BCUT2D eigenvalue weighted by Gasteiger charge is 2.23. The fourth-order valence-corrected chi connectivity index (χ4v) is 2.43. The first kappa shape index (κ1) is 15.9. The summed E-state index contributed by atoms with van der Waals surface area (Å²) in [6.07, 6.45) is 1.83. The van der Waals surface area contributed by atoms with Crippen molar-refractivity contribution in [2.45, 2.75) is 73.1 Å². The Morgan fingerprint density at radius 3 is 1.94 bits per heavy atom. The van der Waals surface area contributed by atoms with Crippen LogP contribution in [0.2, 0.25) is 0 Å². The van der Waals surface area contributed by atoms with Crippen molar-refractivity contribution in [3.05, 3.63) is 0 Å². The summed E-state index contributed by atoms with van der Waals surface area (Å²) in [6.45, 7) is 16.5. The van der Waals surface area contributed by atoms with Crippen LogP contribution < -0.4 is 5.32 Å². The van der Waals surface area contributed by atoms with Gasteiger partial charge in [-0.15, -0.1) is 0 Å². The van der Waals surface area contributed by atoms with Gasteiger partial charge in [-0.05, 0) is 52.5 Å². The molecule has 0 fully saturated rings. The lowest BCUT2D eigenvalue weighted by molar-refractivity contribution is -0.00179. The Morgan fingerprint density at radius 2 is 1.56 bits per heavy atom. The lowest BCUT2D eigenvalue weighted by atomic mass is 9.84. The van der Waals surface area contributed by atoms with E-state index >= 15 is 0 Å². The zero-order valence-corrected chi connectivity index (χ0v) is 12.2. The molecule has 0 aliphatic rings. The van der Waals surface area contributed by atoms with Crippen LogP contribution in [0.1, 0.15) is 54.9 Å². The smallest absolute Gasteiger partial charge is 0.0553 e. The Morgan fingerprint density at radius 1 is 1.00 bits per heavy atom. The summed E-state index contributed by atoms with van der Waals surface area (Å²) in [5.41, 5.74) is 0. The van der Waals surface area contributed by atoms with E-state index in [1.54, 1.807) is 0 Å². The van der Waals surface area contributed by atoms with Crippen molar-refractivity contribution >= 4 is 0 Å². The van der Waals surface area contributed by atoms with Gasteiger partial charge >= 0.3 is 0 Å². The maximum Gasteiger partial charge on any atom is 0.0553 e. The Bertz CT molecular complexity index is 168. The van der Waals surface area contributed by atoms with E-state index in [0.29, 0.717) is 30.1 Å². The van der Waals surface area contributed by atoms with E-state index < -0.39 is 0 Å². The number of ether oxygens (including phenoxy) is 1. The van der Waals surface area contributed by atoms with E-state index in [-0.39, 0.29) is 0 Å². The fourth-order valence-electron chi connectivity index (χ4n) is 2.43. The highest BCUT2D eigenvalue weighted by molar-refractivity contribution is 4.77. The summed E-state index contributed by atoms with van der Waals surface area (Å²) < 4.78 is 5.83. The third kappa shape index (κ3) is 6.49. The zero-order chi connectivity index (χ0) is 12.7. The lowest BCUT2D eigenvalue weighted by Gasteiger charge is -2.31. The monoisotopic (exact) mass is 229 g/mol. The van der Waals surface area contributed by atoms with Crippen molar-refractivity contribution in [2.24, 2.45) is 11.8 Å². The van der Waals surface area contributed by atoms with E-state index in [2.05, 4.69) is 53.8 Å². The number of rotatable bonds is 8. The molecule has 3 unspecified atom stereocenters. The molecule has 98 valence electrons. The zero-order valence-electron chi connectivity index (χ0n) is 12.2. The third-order valence-corrected chi connectivity index (χ3v) is 3.13. The first-order chi connectivity index (χ1) is 7.38. The van der Waals surface area contributed by atoms with Crippen molar-refractivity contribution in [1.29, 1.82) is 0 Å². The van der Waals surface area contributed by atoms with Gasteiger partial charge in [-0.3, -0.25) is 0 Å². The molecule has 0 saturated carbocycles. The van der Waals surface area contributed by atoms with Gasteiger partial charge in [0.05, 0.1) is 12.2 Å². The quantitative estimate of drug-likeness (QED) is 0.688. The average Bonchev–Trinajstić information content (AvgIpc) is 2.12. The molecule has 0 spiro atoms. The van der Waals surface area contributed by atoms with Gasteiger partial charge in [0.2, 0.25) is 0 Å². The standard InChI is InChI=1S/C14H31NO/c1-8-15-13(7)14(10(2)3)9-12(6)16-11(4)5/h10-15H,8-9H2,1-7H3. The first-order valence-corrected chi connectivity index (χ1v) is 6.77. The van der Waals surface area contributed by atoms with Crippen LogP contribution in [0.3, 0.4) is 0 Å². The summed E-state index contributed by atoms with van der Waals surface area (Å²) >= 11 is 0. The van der Waals surface area contributed by atoms with Gasteiger partial charge in [-0.25, -0.2) is 0 Å².